The highest BCUT2D eigenvalue weighted by Gasteiger charge is 2.30. The van der Waals surface area contributed by atoms with Crippen LogP contribution < -0.4 is 9.47 Å². The Bertz CT molecular complexity index is 713. The predicted molar refractivity (Wildman–Crippen MR) is 71.8 cm³/mol. The Kier molecular flexibility index (Phi) is 3.33. The highest BCUT2D eigenvalue weighted by molar-refractivity contribution is 6.00. The minimum Gasteiger partial charge on any atom is -0.485 e. The number of hydrogen-bond donors (Lipinski definition) is 0. The molecule has 0 aromatic heterocycles. The molecule has 1 unspecified atom stereocenters. The van der Waals surface area contributed by atoms with Crippen LogP contribution in [0.25, 0.3) is 0 Å². The van der Waals surface area contributed by atoms with Gasteiger partial charge in [-0.2, -0.15) is 0 Å². The van der Waals surface area contributed by atoms with Crippen LogP contribution in [-0.4, -0.2) is 18.5 Å². The van der Waals surface area contributed by atoms with Crippen LogP contribution in [0.2, 0.25) is 0 Å². The first-order valence-electron chi connectivity index (χ1n) is 6.44. The number of carbonyl (C=O) groups is 1. The number of benzene rings is 2. The van der Waals surface area contributed by atoms with Gasteiger partial charge in [0.05, 0.1) is 5.56 Å². The SMILES string of the molecule is Cc1cc(F)c(C(=O)C2COc3ccccc3O2)cc1F. The van der Waals surface area contributed by atoms with Crippen molar-refractivity contribution in [3.63, 3.8) is 0 Å². The molecule has 3 rings (SSSR count). The van der Waals surface area contributed by atoms with Gasteiger partial charge in [-0.05, 0) is 36.8 Å². The van der Waals surface area contributed by atoms with Gasteiger partial charge in [0.15, 0.2) is 17.6 Å². The number of fused-ring (bicyclic) bond motifs is 1. The molecule has 1 heterocycles. The van der Waals surface area contributed by atoms with Gasteiger partial charge >= 0.3 is 0 Å². The lowest BCUT2D eigenvalue weighted by Gasteiger charge is -2.25. The molecule has 2 aromatic rings. The zero-order chi connectivity index (χ0) is 15.0. The van der Waals surface area contributed by atoms with Gasteiger partial charge in [0, 0.05) is 0 Å². The number of aryl methyl sites for hydroxylation is 1. The van der Waals surface area contributed by atoms with E-state index in [9.17, 15) is 13.6 Å². The predicted octanol–water partition coefficient (Wildman–Crippen LogP) is 3.30. The topological polar surface area (TPSA) is 35.5 Å². The molecule has 5 heteroatoms. The Labute approximate surface area is 120 Å². The summed E-state index contributed by atoms with van der Waals surface area (Å²) in [5, 5.41) is 0. The summed E-state index contributed by atoms with van der Waals surface area (Å²) < 4.78 is 38.3. The van der Waals surface area contributed by atoms with Gasteiger partial charge in [-0.15, -0.1) is 0 Å². The van der Waals surface area contributed by atoms with Gasteiger partial charge < -0.3 is 9.47 Å². The fraction of sp³-hybridized carbons (Fsp3) is 0.188. The Balaban J connectivity index is 1.89. The molecule has 0 saturated carbocycles. The first kappa shape index (κ1) is 13.5. The van der Waals surface area contributed by atoms with Crippen molar-refractivity contribution in [3.8, 4) is 11.5 Å². The van der Waals surface area contributed by atoms with Gasteiger partial charge in [0.1, 0.15) is 18.2 Å². The van der Waals surface area contributed by atoms with Crippen molar-refractivity contribution in [2.75, 3.05) is 6.61 Å². The van der Waals surface area contributed by atoms with E-state index < -0.39 is 23.5 Å². The van der Waals surface area contributed by atoms with Crippen molar-refractivity contribution in [2.45, 2.75) is 13.0 Å². The molecule has 0 fully saturated rings. The standard InChI is InChI=1S/C16H12F2O3/c1-9-6-12(18)10(7-11(9)17)16(19)15-8-20-13-4-2-3-5-14(13)21-15/h2-7,15H,8H2,1H3. The van der Waals surface area contributed by atoms with Crippen molar-refractivity contribution in [1.82, 2.24) is 0 Å². The smallest absolute Gasteiger partial charge is 0.209 e. The van der Waals surface area contributed by atoms with E-state index in [2.05, 4.69) is 0 Å². The second-order valence-corrected chi connectivity index (χ2v) is 4.81. The summed E-state index contributed by atoms with van der Waals surface area (Å²) in [6.45, 7) is 1.40. The van der Waals surface area contributed by atoms with Crippen molar-refractivity contribution in [2.24, 2.45) is 0 Å². The zero-order valence-electron chi connectivity index (χ0n) is 11.2. The summed E-state index contributed by atoms with van der Waals surface area (Å²) in [5.41, 5.74) is -0.179. The maximum Gasteiger partial charge on any atom is 0.209 e. The summed E-state index contributed by atoms with van der Waals surface area (Å²) in [7, 11) is 0. The molecule has 0 radical (unpaired) electrons. The lowest BCUT2D eigenvalue weighted by atomic mass is 10.0. The molecule has 0 amide bonds. The van der Waals surface area contributed by atoms with Gasteiger partial charge in [-0.1, -0.05) is 12.1 Å². The Morgan fingerprint density at radius 3 is 2.62 bits per heavy atom. The number of carbonyl (C=O) groups excluding carboxylic acids is 1. The van der Waals surface area contributed by atoms with Gasteiger partial charge in [0.25, 0.3) is 0 Å². The van der Waals surface area contributed by atoms with Crippen LogP contribution >= 0.6 is 0 Å². The third-order valence-corrected chi connectivity index (χ3v) is 3.31. The second-order valence-electron chi connectivity index (χ2n) is 4.81. The summed E-state index contributed by atoms with van der Waals surface area (Å²) in [5.74, 6) is -1.09. The van der Waals surface area contributed by atoms with Crippen molar-refractivity contribution in [3.05, 3.63) is 59.2 Å². The van der Waals surface area contributed by atoms with Gasteiger partial charge in [-0.3, -0.25) is 4.79 Å². The van der Waals surface area contributed by atoms with Crippen LogP contribution in [0.5, 0.6) is 11.5 Å². The van der Waals surface area contributed by atoms with E-state index in [0.717, 1.165) is 12.1 Å². The quantitative estimate of drug-likeness (QED) is 0.796. The number of rotatable bonds is 2. The minimum atomic E-state index is -0.989. The first-order valence-corrected chi connectivity index (χ1v) is 6.44. The third-order valence-electron chi connectivity index (χ3n) is 3.31. The van der Waals surface area contributed by atoms with Crippen LogP contribution in [-0.2, 0) is 0 Å². The van der Waals surface area contributed by atoms with E-state index in [4.69, 9.17) is 9.47 Å². The second kappa shape index (κ2) is 5.16. The normalized spacial score (nSPS) is 16.6. The average Bonchev–Trinajstić information content (AvgIpc) is 2.50. The highest BCUT2D eigenvalue weighted by Crippen LogP contribution is 2.32. The molecular weight excluding hydrogens is 278 g/mol. The van der Waals surface area contributed by atoms with Gasteiger partial charge in [0.2, 0.25) is 5.78 Å². The summed E-state index contributed by atoms with van der Waals surface area (Å²) in [4.78, 5) is 12.3. The minimum absolute atomic E-state index is 0.0369. The Morgan fingerprint density at radius 1 is 1.14 bits per heavy atom. The van der Waals surface area contributed by atoms with Gasteiger partial charge in [-0.25, -0.2) is 8.78 Å². The number of para-hydroxylation sites is 2. The first-order chi connectivity index (χ1) is 10.1. The Hall–Kier alpha value is -2.43. The zero-order valence-corrected chi connectivity index (χ0v) is 11.2. The highest BCUT2D eigenvalue weighted by atomic mass is 19.1. The fourth-order valence-electron chi connectivity index (χ4n) is 2.16. The number of ketones is 1. The molecule has 1 aliphatic heterocycles. The van der Waals surface area contributed by atoms with Crippen LogP contribution in [0.4, 0.5) is 8.78 Å². The largest absolute Gasteiger partial charge is 0.485 e. The maximum atomic E-state index is 13.8. The van der Waals surface area contributed by atoms with E-state index in [1.54, 1.807) is 24.3 Å². The fourth-order valence-corrected chi connectivity index (χ4v) is 2.16. The van der Waals surface area contributed by atoms with Crippen molar-refractivity contribution < 1.29 is 23.0 Å². The molecule has 108 valence electrons. The monoisotopic (exact) mass is 290 g/mol. The van der Waals surface area contributed by atoms with E-state index in [0.29, 0.717) is 11.5 Å². The van der Waals surface area contributed by atoms with E-state index >= 15 is 0 Å². The number of halogens is 2. The maximum absolute atomic E-state index is 13.8. The van der Waals surface area contributed by atoms with E-state index in [1.165, 1.54) is 6.92 Å². The van der Waals surface area contributed by atoms with Crippen LogP contribution in [0.1, 0.15) is 15.9 Å². The number of Topliss-reactive ketones (excluding diaryl/α,β-unsaturated/α-hetero) is 1. The van der Waals surface area contributed by atoms with Crippen LogP contribution in [0, 0.1) is 18.6 Å². The Morgan fingerprint density at radius 2 is 1.86 bits per heavy atom. The number of hydrogen-bond acceptors (Lipinski definition) is 3. The molecule has 0 saturated heterocycles. The van der Waals surface area contributed by atoms with Crippen molar-refractivity contribution in [1.29, 1.82) is 0 Å². The molecule has 0 spiro atoms. The van der Waals surface area contributed by atoms with Crippen LogP contribution in [0.15, 0.2) is 36.4 Å². The third kappa shape index (κ3) is 2.46. The molecule has 21 heavy (non-hydrogen) atoms. The molecule has 3 nitrogen and oxygen atoms in total. The summed E-state index contributed by atoms with van der Waals surface area (Å²) in [6.07, 6.45) is -0.989. The molecule has 0 aliphatic carbocycles. The van der Waals surface area contributed by atoms with E-state index in [1.807, 2.05) is 0 Å². The molecule has 0 bridgehead atoms. The average molecular weight is 290 g/mol. The van der Waals surface area contributed by atoms with Crippen LogP contribution in [0.3, 0.4) is 0 Å². The summed E-state index contributed by atoms with van der Waals surface area (Å²) >= 11 is 0. The lowest BCUT2D eigenvalue weighted by molar-refractivity contribution is 0.0581. The van der Waals surface area contributed by atoms with E-state index in [-0.39, 0.29) is 17.7 Å². The molecule has 2 aromatic carbocycles. The summed E-state index contributed by atoms with van der Waals surface area (Å²) in [6, 6.07) is 8.78. The molecular formula is C16H12F2O3. The lowest BCUT2D eigenvalue weighted by Crippen LogP contribution is -2.37. The molecule has 1 aliphatic rings. The van der Waals surface area contributed by atoms with Crippen molar-refractivity contribution >= 4 is 5.78 Å². The molecule has 1 atom stereocenters. The molecule has 0 N–H and O–H groups in total. The number of ether oxygens (including phenoxy) is 2.